The van der Waals surface area contributed by atoms with E-state index in [0.717, 1.165) is 10.7 Å². The normalized spacial score (nSPS) is 25.0. The fraction of sp³-hybridized carbons (Fsp3) is 0.529. The summed E-state index contributed by atoms with van der Waals surface area (Å²) in [6.07, 6.45) is 1.16. The van der Waals surface area contributed by atoms with E-state index in [1.807, 2.05) is 6.92 Å². The number of benzene rings is 1. The molecule has 2 saturated heterocycles. The van der Waals surface area contributed by atoms with Crippen molar-refractivity contribution in [2.75, 3.05) is 32.3 Å². The standard InChI is InChI=1S/C17H23N3O5S2/c1-17-8-7-15(21)20(17)13(10-26-17)16(22)18-12-9-11(5-6-14(12)25-4)27(23,24)19(2)3/h5-6,9,13H,7-8,10H2,1-4H3,(H,18,22)/t13-,17-/m0/s1. The van der Waals surface area contributed by atoms with Crippen molar-refractivity contribution in [1.29, 1.82) is 0 Å². The van der Waals surface area contributed by atoms with Crippen LogP contribution in [0.3, 0.4) is 0 Å². The second-order valence-corrected chi connectivity index (χ2v) is 10.6. The molecule has 2 atom stereocenters. The molecule has 2 amide bonds. The van der Waals surface area contributed by atoms with Crippen molar-refractivity contribution in [3.8, 4) is 5.75 Å². The van der Waals surface area contributed by atoms with E-state index in [9.17, 15) is 18.0 Å². The maximum atomic E-state index is 12.9. The fourth-order valence-electron chi connectivity index (χ4n) is 3.39. The van der Waals surface area contributed by atoms with Crippen molar-refractivity contribution >= 4 is 39.3 Å². The molecule has 10 heteroatoms. The molecule has 2 heterocycles. The number of nitrogens with one attached hydrogen (secondary N) is 1. The summed E-state index contributed by atoms with van der Waals surface area (Å²) in [4.78, 5) is 26.5. The number of thioether (sulfide) groups is 1. The summed E-state index contributed by atoms with van der Waals surface area (Å²) in [7, 11) is 0.664. The molecule has 2 aliphatic heterocycles. The Hall–Kier alpha value is -1.78. The highest BCUT2D eigenvalue weighted by Crippen LogP contribution is 2.47. The first kappa shape index (κ1) is 20.0. The van der Waals surface area contributed by atoms with Crippen molar-refractivity contribution in [2.24, 2.45) is 0 Å². The Morgan fingerprint density at radius 3 is 2.74 bits per heavy atom. The van der Waals surface area contributed by atoms with Gasteiger partial charge in [0, 0.05) is 26.3 Å². The molecule has 0 bridgehead atoms. The lowest BCUT2D eigenvalue weighted by Gasteiger charge is -2.30. The Bertz CT molecular complexity index is 887. The molecular formula is C17H23N3O5S2. The zero-order valence-corrected chi connectivity index (χ0v) is 17.3. The van der Waals surface area contributed by atoms with E-state index in [0.29, 0.717) is 17.9 Å². The number of carbonyl (C=O) groups excluding carboxylic acids is 2. The molecule has 0 saturated carbocycles. The predicted octanol–water partition coefficient (Wildman–Crippen LogP) is 1.34. The average Bonchev–Trinajstić information content (AvgIpc) is 3.11. The van der Waals surface area contributed by atoms with Crippen LogP contribution in [0.2, 0.25) is 0 Å². The van der Waals surface area contributed by atoms with Crippen molar-refractivity contribution in [1.82, 2.24) is 9.21 Å². The van der Waals surface area contributed by atoms with E-state index in [4.69, 9.17) is 4.74 Å². The van der Waals surface area contributed by atoms with Gasteiger partial charge < -0.3 is 15.0 Å². The van der Waals surface area contributed by atoms with Crippen molar-refractivity contribution in [3.63, 3.8) is 0 Å². The van der Waals surface area contributed by atoms with Crippen LogP contribution in [0.15, 0.2) is 23.1 Å². The van der Waals surface area contributed by atoms with Crippen molar-refractivity contribution in [2.45, 2.75) is 35.6 Å². The molecule has 8 nitrogen and oxygen atoms in total. The number of hydrogen-bond donors (Lipinski definition) is 1. The number of hydrogen-bond acceptors (Lipinski definition) is 6. The topological polar surface area (TPSA) is 96.0 Å². The zero-order chi connectivity index (χ0) is 20.0. The molecule has 1 N–H and O–H groups in total. The molecule has 148 valence electrons. The Morgan fingerprint density at radius 1 is 1.41 bits per heavy atom. The van der Waals surface area contributed by atoms with E-state index in [2.05, 4.69) is 5.32 Å². The minimum absolute atomic E-state index is 0.0291. The smallest absolute Gasteiger partial charge is 0.248 e. The van der Waals surface area contributed by atoms with Gasteiger partial charge in [-0.1, -0.05) is 0 Å². The molecule has 0 unspecified atom stereocenters. The van der Waals surface area contributed by atoms with Gasteiger partial charge in [-0.05, 0) is 31.5 Å². The Balaban J connectivity index is 1.89. The van der Waals surface area contributed by atoms with Gasteiger partial charge in [0.15, 0.2) is 0 Å². The summed E-state index contributed by atoms with van der Waals surface area (Å²) in [5, 5.41) is 2.75. The van der Waals surface area contributed by atoms with Gasteiger partial charge in [0.1, 0.15) is 11.8 Å². The highest BCUT2D eigenvalue weighted by Gasteiger charge is 2.52. The second kappa shape index (κ2) is 6.99. The van der Waals surface area contributed by atoms with E-state index in [1.165, 1.54) is 39.4 Å². The van der Waals surface area contributed by atoms with Crippen LogP contribution in [0.1, 0.15) is 19.8 Å². The summed E-state index contributed by atoms with van der Waals surface area (Å²) in [6, 6.07) is 3.71. The zero-order valence-electron chi connectivity index (χ0n) is 15.7. The van der Waals surface area contributed by atoms with Gasteiger partial charge >= 0.3 is 0 Å². The Labute approximate surface area is 163 Å². The lowest BCUT2D eigenvalue weighted by Crippen LogP contribution is -2.48. The van der Waals surface area contributed by atoms with Gasteiger partial charge in [0.2, 0.25) is 21.8 Å². The number of sulfonamides is 1. The number of amides is 2. The Kier molecular flexibility index (Phi) is 5.17. The summed E-state index contributed by atoms with van der Waals surface area (Å²) < 4.78 is 31.1. The molecule has 2 aliphatic rings. The van der Waals surface area contributed by atoms with E-state index in [1.54, 1.807) is 16.7 Å². The lowest BCUT2D eigenvalue weighted by atomic mass is 10.2. The van der Waals surface area contributed by atoms with Gasteiger partial charge in [-0.3, -0.25) is 9.59 Å². The quantitative estimate of drug-likeness (QED) is 0.783. The van der Waals surface area contributed by atoms with E-state index >= 15 is 0 Å². The summed E-state index contributed by atoms with van der Waals surface area (Å²) in [5.74, 6) is 0.478. The van der Waals surface area contributed by atoms with Crippen molar-refractivity contribution < 1.29 is 22.7 Å². The van der Waals surface area contributed by atoms with Crippen LogP contribution < -0.4 is 10.1 Å². The molecule has 3 rings (SSSR count). The van der Waals surface area contributed by atoms with Gasteiger partial charge in [-0.15, -0.1) is 11.8 Å². The molecule has 1 aromatic carbocycles. The monoisotopic (exact) mass is 413 g/mol. The molecule has 2 fully saturated rings. The highest BCUT2D eigenvalue weighted by atomic mass is 32.2. The Morgan fingerprint density at radius 2 is 2.11 bits per heavy atom. The van der Waals surface area contributed by atoms with E-state index in [-0.39, 0.29) is 27.3 Å². The number of nitrogens with zero attached hydrogens (tertiary/aromatic N) is 2. The first-order valence-electron chi connectivity index (χ1n) is 8.48. The van der Waals surface area contributed by atoms with Gasteiger partial charge in [0.25, 0.3) is 0 Å². The van der Waals surface area contributed by atoms with Crippen LogP contribution in [-0.2, 0) is 19.6 Å². The third kappa shape index (κ3) is 3.41. The second-order valence-electron chi connectivity index (χ2n) is 6.90. The molecular weight excluding hydrogens is 390 g/mol. The number of rotatable bonds is 5. The first-order valence-corrected chi connectivity index (χ1v) is 10.9. The minimum atomic E-state index is -3.65. The summed E-state index contributed by atoms with van der Waals surface area (Å²) in [6.45, 7) is 1.97. The van der Waals surface area contributed by atoms with Crippen LogP contribution in [0, 0.1) is 0 Å². The summed E-state index contributed by atoms with van der Waals surface area (Å²) in [5.41, 5.74) is 0.260. The van der Waals surface area contributed by atoms with Crippen molar-refractivity contribution in [3.05, 3.63) is 18.2 Å². The largest absolute Gasteiger partial charge is 0.495 e. The minimum Gasteiger partial charge on any atom is -0.495 e. The number of carbonyl (C=O) groups is 2. The number of anilines is 1. The van der Waals surface area contributed by atoms with Gasteiger partial charge in [-0.2, -0.15) is 0 Å². The van der Waals surface area contributed by atoms with Gasteiger partial charge in [-0.25, -0.2) is 12.7 Å². The molecule has 0 spiro atoms. The van der Waals surface area contributed by atoms with Crippen LogP contribution in [0.25, 0.3) is 0 Å². The maximum Gasteiger partial charge on any atom is 0.248 e. The molecule has 0 radical (unpaired) electrons. The lowest BCUT2D eigenvalue weighted by molar-refractivity contribution is -0.135. The number of fused-ring (bicyclic) bond motifs is 1. The first-order chi connectivity index (χ1) is 12.6. The molecule has 27 heavy (non-hydrogen) atoms. The third-order valence-electron chi connectivity index (χ3n) is 4.95. The molecule has 0 aromatic heterocycles. The highest BCUT2D eigenvalue weighted by molar-refractivity contribution is 8.01. The number of methoxy groups -OCH3 is 1. The summed E-state index contributed by atoms with van der Waals surface area (Å²) >= 11 is 1.60. The third-order valence-corrected chi connectivity index (χ3v) is 8.27. The molecule has 1 aromatic rings. The average molecular weight is 414 g/mol. The SMILES string of the molecule is COc1ccc(S(=O)(=O)N(C)C)cc1NC(=O)[C@@H]1CS[C@@]2(C)CCC(=O)N12. The van der Waals surface area contributed by atoms with E-state index < -0.39 is 16.1 Å². The van der Waals surface area contributed by atoms with Crippen LogP contribution in [0.5, 0.6) is 5.75 Å². The maximum absolute atomic E-state index is 12.9. The van der Waals surface area contributed by atoms with Gasteiger partial charge in [0.05, 0.1) is 22.6 Å². The van der Waals surface area contributed by atoms with Crippen LogP contribution in [-0.4, -0.2) is 67.3 Å². The fourth-order valence-corrected chi connectivity index (χ4v) is 5.75. The van der Waals surface area contributed by atoms with Crippen LogP contribution in [0.4, 0.5) is 5.69 Å². The molecule has 0 aliphatic carbocycles. The number of ether oxygens (including phenoxy) is 1. The van der Waals surface area contributed by atoms with Crippen LogP contribution >= 0.6 is 11.8 Å². The predicted molar refractivity (Wildman–Crippen MR) is 103 cm³/mol.